The van der Waals surface area contributed by atoms with E-state index in [1.54, 1.807) is 23.1 Å². The molecule has 5 rings (SSSR count). The van der Waals surface area contributed by atoms with E-state index in [4.69, 9.17) is 0 Å². The Hall–Kier alpha value is -3.78. The van der Waals surface area contributed by atoms with Crippen LogP contribution in [0.3, 0.4) is 0 Å². The van der Waals surface area contributed by atoms with Crippen molar-refractivity contribution in [3.8, 4) is 0 Å². The number of hydrogen-bond donors (Lipinski definition) is 1. The number of alkyl halides is 3. The summed E-state index contributed by atoms with van der Waals surface area (Å²) in [5.41, 5.74) is 3.20. The summed E-state index contributed by atoms with van der Waals surface area (Å²) in [7, 11) is 0. The molecule has 0 bridgehead atoms. The molecule has 1 aliphatic rings. The number of aromatic nitrogens is 3. The number of carbonyl (C=O) groups is 1. The number of ketones is 1. The molecule has 0 fully saturated rings. The SMILES string of the molecule is CC1=C(C(=O)Cc2ccc3cnccc3c2)C(c2ccc(C(F)(F)F)cc2)n2nc(CO)cc2C1. The molecule has 1 unspecified atom stereocenters. The van der Waals surface area contributed by atoms with Gasteiger partial charge in [0.05, 0.1) is 17.9 Å². The predicted molar refractivity (Wildman–Crippen MR) is 125 cm³/mol. The van der Waals surface area contributed by atoms with Gasteiger partial charge in [-0.1, -0.05) is 35.9 Å². The Kier molecular flexibility index (Phi) is 5.76. The summed E-state index contributed by atoms with van der Waals surface area (Å²) in [5, 5.41) is 16.0. The summed E-state index contributed by atoms with van der Waals surface area (Å²) in [6.45, 7) is 1.60. The van der Waals surface area contributed by atoms with Crippen LogP contribution in [0.2, 0.25) is 0 Å². The maximum atomic E-state index is 13.7. The molecule has 0 spiro atoms. The average molecular weight is 477 g/mol. The minimum atomic E-state index is -4.46. The maximum absolute atomic E-state index is 13.7. The average Bonchev–Trinajstić information content (AvgIpc) is 3.25. The highest BCUT2D eigenvalue weighted by atomic mass is 19.4. The highest BCUT2D eigenvalue weighted by Gasteiger charge is 2.34. The molecule has 0 radical (unpaired) electrons. The van der Waals surface area contributed by atoms with Crippen LogP contribution in [-0.2, 0) is 30.4 Å². The van der Waals surface area contributed by atoms with Gasteiger partial charge in [-0.2, -0.15) is 18.3 Å². The van der Waals surface area contributed by atoms with E-state index in [1.807, 2.05) is 31.2 Å². The minimum absolute atomic E-state index is 0.118. The number of nitrogens with zero attached hydrogens (tertiary/aromatic N) is 3. The third-order valence-corrected chi connectivity index (χ3v) is 6.37. The topological polar surface area (TPSA) is 68.0 Å². The number of aliphatic hydroxyl groups excluding tert-OH is 1. The van der Waals surface area contributed by atoms with E-state index in [2.05, 4.69) is 10.1 Å². The van der Waals surface area contributed by atoms with Crippen molar-refractivity contribution in [1.82, 2.24) is 14.8 Å². The van der Waals surface area contributed by atoms with Crippen molar-refractivity contribution in [3.05, 3.63) is 106 Å². The number of fused-ring (bicyclic) bond motifs is 2. The van der Waals surface area contributed by atoms with Gasteiger partial charge in [0, 0.05) is 41.9 Å². The molecule has 8 heteroatoms. The molecule has 2 aromatic carbocycles. The smallest absolute Gasteiger partial charge is 0.390 e. The first kappa shape index (κ1) is 23.0. The van der Waals surface area contributed by atoms with Crippen LogP contribution in [0.15, 0.2) is 78.1 Å². The molecule has 1 aliphatic heterocycles. The second-order valence-corrected chi connectivity index (χ2v) is 8.78. The zero-order chi connectivity index (χ0) is 24.7. The number of halogens is 3. The van der Waals surface area contributed by atoms with Crippen LogP contribution in [0.4, 0.5) is 13.2 Å². The maximum Gasteiger partial charge on any atom is 0.416 e. The number of carbonyl (C=O) groups excluding carboxylic acids is 1. The summed E-state index contributed by atoms with van der Waals surface area (Å²) in [6, 6.07) is 13.5. The number of rotatable bonds is 5. The van der Waals surface area contributed by atoms with Crippen LogP contribution in [0.25, 0.3) is 10.8 Å². The van der Waals surface area contributed by atoms with Crippen molar-refractivity contribution in [3.63, 3.8) is 0 Å². The fourth-order valence-electron chi connectivity index (χ4n) is 4.72. The molecule has 4 aromatic rings. The lowest BCUT2D eigenvalue weighted by Gasteiger charge is -2.29. The van der Waals surface area contributed by atoms with Crippen LogP contribution in [0.1, 0.15) is 41.0 Å². The second-order valence-electron chi connectivity index (χ2n) is 8.78. The van der Waals surface area contributed by atoms with Gasteiger partial charge in [-0.3, -0.25) is 14.5 Å². The van der Waals surface area contributed by atoms with E-state index in [1.165, 1.54) is 12.1 Å². The zero-order valence-electron chi connectivity index (χ0n) is 18.9. The number of Topliss-reactive ketones (excluding diaryl/α,β-unsaturated/α-hetero) is 1. The van der Waals surface area contributed by atoms with Crippen molar-refractivity contribution in [2.75, 3.05) is 0 Å². The molecule has 178 valence electrons. The molecule has 0 aliphatic carbocycles. The molecule has 0 saturated carbocycles. The molecule has 3 heterocycles. The quantitative estimate of drug-likeness (QED) is 0.428. The van der Waals surface area contributed by atoms with Crippen LogP contribution in [0, 0.1) is 0 Å². The Morgan fingerprint density at radius 1 is 1.09 bits per heavy atom. The molecule has 0 saturated heterocycles. The fraction of sp³-hybridized carbons (Fsp3) is 0.222. The molecule has 1 atom stereocenters. The van der Waals surface area contributed by atoms with Crippen molar-refractivity contribution >= 4 is 16.6 Å². The molecule has 35 heavy (non-hydrogen) atoms. The third kappa shape index (κ3) is 4.37. The highest BCUT2D eigenvalue weighted by molar-refractivity contribution is 5.99. The first-order chi connectivity index (χ1) is 16.7. The molecule has 0 amide bonds. The van der Waals surface area contributed by atoms with Gasteiger partial charge in [0.25, 0.3) is 0 Å². The Morgan fingerprint density at radius 3 is 2.57 bits per heavy atom. The van der Waals surface area contributed by atoms with Crippen molar-refractivity contribution in [1.29, 1.82) is 0 Å². The number of pyridine rings is 1. The molecular formula is C27H22F3N3O2. The van der Waals surface area contributed by atoms with Crippen LogP contribution < -0.4 is 0 Å². The highest BCUT2D eigenvalue weighted by Crippen LogP contribution is 2.38. The Balaban J connectivity index is 1.55. The molecule has 2 aromatic heterocycles. The van der Waals surface area contributed by atoms with Crippen molar-refractivity contribution in [2.24, 2.45) is 0 Å². The lowest BCUT2D eigenvalue weighted by molar-refractivity contribution is -0.137. The Labute approximate surface area is 199 Å². The Bertz CT molecular complexity index is 1450. The van der Waals surface area contributed by atoms with Gasteiger partial charge in [0.15, 0.2) is 5.78 Å². The van der Waals surface area contributed by atoms with E-state index in [0.29, 0.717) is 23.3 Å². The lowest BCUT2D eigenvalue weighted by Crippen LogP contribution is -2.28. The predicted octanol–water partition coefficient (Wildman–Crippen LogP) is 5.22. The normalized spacial score (nSPS) is 16.0. The van der Waals surface area contributed by atoms with Crippen LogP contribution >= 0.6 is 0 Å². The summed E-state index contributed by atoms with van der Waals surface area (Å²) in [5.74, 6) is -0.118. The monoisotopic (exact) mass is 477 g/mol. The summed E-state index contributed by atoms with van der Waals surface area (Å²) in [6.07, 6.45) is -0.393. The zero-order valence-corrected chi connectivity index (χ0v) is 18.9. The first-order valence-electron chi connectivity index (χ1n) is 11.2. The largest absolute Gasteiger partial charge is 0.416 e. The summed E-state index contributed by atoms with van der Waals surface area (Å²) < 4.78 is 41.1. The van der Waals surface area contributed by atoms with Gasteiger partial charge < -0.3 is 5.11 Å². The van der Waals surface area contributed by atoms with Gasteiger partial charge in [-0.05, 0) is 47.7 Å². The van der Waals surface area contributed by atoms with Crippen molar-refractivity contribution in [2.45, 2.75) is 38.6 Å². The summed E-state index contributed by atoms with van der Waals surface area (Å²) >= 11 is 0. The van der Waals surface area contributed by atoms with Crippen LogP contribution in [0.5, 0.6) is 0 Å². The van der Waals surface area contributed by atoms with Gasteiger partial charge in [-0.15, -0.1) is 0 Å². The van der Waals surface area contributed by atoms with Crippen LogP contribution in [-0.4, -0.2) is 25.7 Å². The lowest BCUT2D eigenvalue weighted by atomic mass is 9.85. The van der Waals surface area contributed by atoms with E-state index < -0.39 is 17.8 Å². The molecule has 1 N–H and O–H groups in total. The third-order valence-electron chi connectivity index (χ3n) is 6.37. The minimum Gasteiger partial charge on any atom is -0.390 e. The van der Waals surface area contributed by atoms with Crippen molar-refractivity contribution < 1.29 is 23.1 Å². The number of benzene rings is 2. The van der Waals surface area contributed by atoms with Gasteiger partial charge in [0.2, 0.25) is 0 Å². The van der Waals surface area contributed by atoms with Gasteiger partial charge >= 0.3 is 6.18 Å². The molecular weight excluding hydrogens is 455 g/mol. The van der Waals surface area contributed by atoms with Gasteiger partial charge in [0.1, 0.15) is 6.04 Å². The number of hydrogen-bond acceptors (Lipinski definition) is 4. The van der Waals surface area contributed by atoms with E-state index in [-0.39, 0.29) is 18.8 Å². The first-order valence-corrected chi connectivity index (χ1v) is 11.2. The van der Waals surface area contributed by atoms with E-state index >= 15 is 0 Å². The second kappa shape index (κ2) is 8.78. The van der Waals surface area contributed by atoms with Gasteiger partial charge in [-0.25, -0.2) is 0 Å². The number of aliphatic hydroxyl groups is 1. The van der Waals surface area contributed by atoms with E-state index in [0.717, 1.165) is 39.7 Å². The summed E-state index contributed by atoms with van der Waals surface area (Å²) in [4.78, 5) is 17.8. The Morgan fingerprint density at radius 2 is 1.86 bits per heavy atom. The molecule has 5 nitrogen and oxygen atoms in total. The van der Waals surface area contributed by atoms with E-state index in [9.17, 15) is 23.1 Å². The number of allylic oxidation sites excluding steroid dienone is 2. The standard InChI is InChI=1S/C27H22F3N3O2/c1-16-10-23-13-22(15-34)32-33(23)26(18-4-6-21(7-5-18)27(28,29)30)25(16)24(35)12-17-2-3-20-14-31-9-8-19(20)11-17/h2-9,11,13-14,26,34H,10,12,15H2,1H3. The fourth-order valence-corrected chi connectivity index (χ4v) is 4.72.